The van der Waals surface area contributed by atoms with E-state index in [0.717, 1.165) is 16.5 Å². The zero-order chi connectivity index (χ0) is 19.5. The number of rotatable bonds is 4. The number of aryl methyl sites for hydroxylation is 1. The maximum atomic E-state index is 12.5. The third-order valence-electron chi connectivity index (χ3n) is 3.39. The highest BCUT2D eigenvalue weighted by atomic mass is 32.2. The minimum atomic E-state index is -4.00. The Balaban J connectivity index is 2.08. The van der Waals surface area contributed by atoms with Crippen molar-refractivity contribution in [3.05, 3.63) is 40.8 Å². The summed E-state index contributed by atoms with van der Waals surface area (Å²) in [6.07, 6.45) is 0.290. The topological polar surface area (TPSA) is 105 Å². The van der Waals surface area contributed by atoms with E-state index < -0.39 is 27.5 Å². The van der Waals surface area contributed by atoms with Crippen molar-refractivity contribution in [3.8, 4) is 0 Å². The van der Waals surface area contributed by atoms with Gasteiger partial charge in [-0.25, -0.2) is 13.2 Å². The Morgan fingerprint density at radius 2 is 1.77 bits per heavy atom. The van der Waals surface area contributed by atoms with Crippen LogP contribution in [0.15, 0.2) is 35.2 Å². The molecule has 2 rings (SSSR count). The molecule has 8 nitrogen and oxygen atoms in total. The predicted molar refractivity (Wildman–Crippen MR) is 97.8 cm³/mol. The first kappa shape index (κ1) is 19.9. The molecule has 142 valence electrons. The van der Waals surface area contributed by atoms with Gasteiger partial charge < -0.3 is 10.2 Å². The molecule has 0 aromatic heterocycles. The van der Waals surface area contributed by atoms with Crippen LogP contribution in [0.3, 0.4) is 0 Å². The first-order valence-corrected chi connectivity index (χ1v) is 9.50. The van der Waals surface area contributed by atoms with Crippen LogP contribution in [-0.4, -0.2) is 43.9 Å². The maximum absolute atomic E-state index is 12.5. The fraction of sp³-hybridized carbons (Fsp3) is 0.412. The molecule has 26 heavy (non-hydrogen) atoms. The van der Waals surface area contributed by atoms with Gasteiger partial charge >= 0.3 is 6.09 Å². The smallest absolute Gasteiger partial charge is 0.411 e. The number of hydrogen-bond donors (Lipinski definition) is 2. The molecule has 0 spiro atoms. The maximum Gasteiger partial charge on any atom is 0.411 e. The van der Waals surface area contributed by atoms with Crippen molar-refractivity contribution in [2.45, 2.75) is 33.3 Å². The van der Waals surface area contributed by atoms with Crippen LogP contribution in [0.5, 0.6) is 0 Å². The first-order chi connectivity index (χ1) is 12.0. The number of benzene rings is 1. The number of amides is 1. The Labute approximate surface area is 153 Å². The van der Waals surface area contributed by atoms with Gasteiger partial charge in [0.25, 0.3) is 10.0 Å². The molecule has 9 heteroatoms. The van der Waals surface area contributed by atoms with E-state index in [2.05, 4.69) is 10.3 Å². The number of nitrogens with one attached hydrogen (secondary N) is 2. The summed E-state index contributed by atoms with van der Waals surface area (Å²) in [7, 11) is -4.00. The Hall–Kier alpha value is -2.39. The summed E-state index contributed by atoms with van der Waals surface area (Å²) >= 11 is 0. The van der Waals surface area contributed by atoms with E-state index in [0.29, 0.717) is 5.69 Å². The number of sulfonamides is 1. The van der Waals surface area contributed by atoms with Crippen LogP contribution in [0, 0.1) is 6.92 Å². The molecule has 1 amide bonds. The van der Waals surface area contributed by atoms with Gasteiger partial charge in [0.15, 0.2) is 5.78 Å². The molecule has 1 aromatic rings. The SMILES string of the molecule is Cc1ccc(NNS(=O)(=O)C2=CC(=O)CN(C(=O)OC(C)(C)C)C2)cc1. The number of ketones is 1. The zero-order valence-corrected chi connectivity index (χ0v) is 16.0. The van der Waals surface area contributed by atoms with Crippen molar-refractivity contribution in [3.63, 3.8) is 0 Å². The molecule has 1 heterocycles. The molecule has 1 aromatic carbocycles. The third kappa shape index (κ3) is 5.57. The molecular formula is C17H23N3O5S. The quantitative estimate of drug-likeness (QED) is 0.773. The molecular weight excluding hydrogens is 358 g/mol. The predicted octanol–water partition coefficient (Wildman–Crippen LogP) is 1.95. The van der Waals surface area contributed by atoms with Crippen LogP contribution < -0.4 is 10.3 Å². The lowest BCUT2D eigenvalue weighted by Gasteiger charge is -2.29. The van der Waals surface area contributed by atoms with Crippen molar-refractivity contribution in [1.82, 2.24) is 9.73 Å². The molecule has 1 aliphatic heterocycles. The van der Waals surface area contributed by atoms with E-state index in [1.165, 1.54) is 0 Å². The molecule has 0 fully saturated rings. The van der Waals surface area contributed by atoms with Crippen molar-refractivity contribution in [2.75, 3.05) is 18.5 Å². The van der Waals surface area contributed by atoms with Crippen molar-refractivity contribution >= 4 is 27.6 Å². The number of hydrogen-bond acceptors (Lipinski definition) is 6. The monoisotopic (exact) mass is 381 g/mol. The normalized spacial score (nSPS) is 15.5. The molecule has 1 aliphatic rings. The minimum Gasteiger partial charge on any atom is -0.444 e. The fourth-order valence-corrected chi connectivity index (χ4v) is 3.15. The number of nitrogens with zero attached hydrogens (tertiary/aromatic N) is 1. The van der Waals surface area contributed by atoms with Gasteiger partial charge in [-0.3, -0.25) is 9.69 Å². The van der Waals surface area contributed by atoms with Crippen molar-refractivity contribution in [2.24, 2.45) is 0 Å². The summed E-state index contributed by atoms with van der Waals surface area (Å²) in [5.74, 6) is -0.488. The van der Waals surface area contributed by atoms with E-state index in [9.17, 15) is 18.0 Å². The second kappa shape index (κ2) is 7.46. The van der Waals surface area contributed by atoms with Gasteiger partial charge in [0.1, 0.15) is 5.60 Å². The third-order valence-corrected chi connectivity index (χ3v) is 4.70. The van der Waals surface area contributed by atoms with Gasteiger partial charge in [-0.1, -0.05) is 17.7 Å². The van der Waals surface area contributed by atoms with Crippen molar-refractivity contribution in [1.29, 1.82) is 0 Å². The lowest BCUT2D eigenvalue weighted by atomic mass is 10.2. The van der Waals surface area contributed by atoms with Crippen LogP contribution >= 0.6 is 0 Å². The number of hydrazine groups is 1. The van der Waals surface area contributed by atoms with E-state index in [4.69, 9.17) is 4.74 Å². The van der Waals surface area contributed by atoms with Crippen LogP contribution in [0.1, 0.15) is 26.3 Å². The molecule has 0 saturated carbocycles. The second-order valence-corrected chi connectivity index (χ2v) is 8.75. The largest absolute Gasteiger partial charge is 0.444 e. The molecule has 0 aliphatic carbocycles. The molecule has 0 radical (unpaired) electrons. The number of ether oxygens (including phenoxy) is 1. The summed E-state index contributed by atoms with van der Waals surface area (Å²) < 4.78 is 30.1. The molecule has 2 N–H and O–H groups in total. The van der Waals surface area contributed by atoms with E-state index in [-0.39, 0.29) is 18.0 Å². The molecule has 0 saturated heterocycles. The summed E-state index contributed by atoms with van der Waals surface area (Å²) in [5, 5.41) is 0. The van der Waals surface area contributed by atoms with Gasteiger partial charge in [0.05, 0.1) is 18.0 Å². The standard InChI is InChI=1S/C17H23N3O5S/c1-12-5-7-13(8-6-12)18-19-26(23,24)15-9-14(21)10-20(11-15)16(22)25-17(2,3)4/h5-9,18-19H,10-11H2,1-4H3. The fourth-order valence-electron chi connectivity index (χ4n) is 2.15. The average Bonchev–Trinajstić information content (AvgIpc) is 2.52. The zero-order valence-electron chi connectivity index (χ0n) is 15.2. The molecule has 0 unspecified atom stereocenters. The van der Waals surface area contributed by atoms with Crippen LogP contribution in [0.4, 0.5) is 10.5 Å². The van der Waals surface area contributed by atoms with Gasteiger partial charge in [0, 0.05) is 11.8 Å². The Morgan fingerprint density at radius 1 is 1.15 bits per heavy atom. The van der Waals surface area contributed by atoms with Gasteiger partial charge in [-0.05, 0) is 39.8 Å². The summed E-state index contributed by atoms with van der Waals surface area (Å²) in [6.45, 7) is 6.52. The number of carbonyl (C=O) groups is 2. The highest BCUT2D eigenvalue weighted by Crippen LogP contribution is 2.17. The highest BCUT2D eigenvalue weighted by molar-refractivity contribution is 7.93. The van der Waals surface area contributed by atoms with Crippen LogP contribution in [-0.2, 0) is 19.6 Å². The first-order valence-electron chi connectivity index (χ1n) is 8.02. The van der Waals surface area contributed by atoms with E-state index >= 15 is 0 Å². The number of anilines is 1. The Morgan fingerprint density at radius 3 is 2.35 bits per heavy atom. The van der Waals surface area contributed by atoms with Gasteiger partial charge in [0.2, 0.25) is 0 Å². The Kier molecular flexibility index (Phi) is 5.72. The molecule has 0 bridgehead atoms. The lowest BCUT2D eigenvalue weighted by Crippen LogP contribution is -2.45. The molecule has 0 atom stereocenters. The van der Waals surface area contributed by atoms with E-state index in [1.807, 2.05) is 19.1 Å². The summed E-state index contributed by atoms with van der Waals surface area (Å²) in [6, 6.07) is 7.07. The highest BCUT2D eigenvalue weighted by Gasteiger charge is 2.31. The van der Waals surface area contributed by atoms with Crippen LogP contribution in [0.25, 0.3) is 0 Å². The van der Waals surface area contributed by atoms with Crippen molar-refractivity contribution < 1.29 is 22.7 Å². The van der Waals surface area contributed by atoms with Gasteiger partial charge in [-0.15, -0.1) is 4.83 Å². The lowest BCUT2D eigenvalue weighted by molar-refractivity contribution is -0.116. The summed E-state index contributed by atoms with van der Waals surface area (Å²) in [4.78, 5) is 27.1. The van der Waals surface area contributed by atoms with Crippen LogP contribution in [0.2, 0.25) is 0 Å². The minimum absolute atomic E-state index is 0.209. The van der Waals surface area contributed by atoms with E-state index in [1.54, 1.807) is 32.9 Å². The average molecular weight is 381 g/mol. The Bertz CT molecular complexity index is 823. The summed E-state index contributed by atoms with van der Waals surface area (Å²) in [5.41, 5.74) is 3.42. The second-order valence-electron chi connectivity index (χ2n) is 7.01. The van der Waals surface area contributed by atoms with Gasteiger partial charge in [-0.2, -0.15) is 0 Å². The number of carbonyl (C=O) groups excluding carboxylic acids is 2.